The van der Waals surface area contributed by atoms with Crippen LogP contribution >= 0.6 is 11.6 Å². The smallest absolute Gasteiger partial charge is 0.251 e. The average molecular weight is 321 g/mol. The van der Waals surface area contributed by atoms with E-state index in [1.807, 2.05) is 0 Å². The van der Waals surface area contributed by atoms with E-state index in [0.717, 1.165) is 0 Å². The van der Waals surface area contributed by atoms with Crippen molar-refractivity contribution in [2.45, 2.75) is 24.8 Å². The maximum Gasteiger partial charge on any atom is 0.251 e. The molecule has 1 aromatic rings. The van der Waals surface area contributed by atoms with E-state index in [2.05, 4.69) is 5.32 Å². The SMILES string of the molecule is COC(C)CNC(=O)c1cc(S(N)(=O)=O)cc(Cl)c1C. The van der Waals surface area contributed by atoms with Crippen LogP contribution in [0.3, 0.4) is 0 Å². The van der Waals surface area contributed by atoms with Gasteiger partial charge in [0.15, 0.2) is 0 Å². The zero-order valence-electron chi connectivity index (χ0n) is 11.4. The van der Waals surface area contributed by atoms with Crippen molar-refractivity contribution < 1.29 is 17.9 Å². The standard InChI is InChI=1S/C12H17ClN2O4S/c1-7(19-3)6-15-12(16)10-4-9(20(14,17)18)5-11(13)8(10)2/h4-5,7H,6H2,1-3H3,(H,15,16)(H2,14,17,18). The molecule has 0 fully saturated rings. The van der Waals surface area contributed by atoms with E-state index < -0.39 is 15.9 Å². The minimum absolute atomic E-state index is 0.156. The van der Waals surface area contributed by atoms with E-state index in [1.54, 1.807) is 13.8 Å². The van der Waals surface area contributed by atoms with Gasteiger partial charge in [-0.25, -0.2) is 13.6 Å². The predicted octanol–water partition coefficient (Wildman–Crippen LogP) is 1.06. The van der Waals surface area contributed by atoms with Crippen molar-refractivity contribution in [3.8, 4) is 0 Å². The highest BCUT2D eigenvalue weighted by molar-refractivity contribution is 7.89. The second-order valence-corrected chi connectivity index (χ2v) is 6.35. The lowest BCUT2D eigenvalue weighted by Crippen LogP contribution is -2.32. The number of nitrogens with one attached hydrogen (secondary N) is 1. The second-order valence-electron chi connectivity index (χ2n) is 4.38. The number of amides is 1. The summed E-state index contributed by atoms with van der Waals surface area (Å²) in [4.78, 5) is 11.9. The van der Waals surface area contributed by atoms with Crippen LogP contribution in [0.1, 0.15) is 22.8 Å². The van der Waals surface area contributed by atoms with E-state index in [4.69, 9.17) is 21.5 Å². The van der Waals surface area contributed by atoms with Gasteiger partial charge in [0.2, 0.25) is 10.0 Å². The minimum Gasteiger partial charge on any atom is -0.380 e. The van der Waals surface area contributed by atoms with E-state index in [0.29, 0.717) is 12.1 Å². The van der Waals surface area contributed by atoms with Crippen molar-refractivity contribution in [2.75, 3.05) is 13.7 Å². The highest BCUT2D eigenvalue weighted by Gasteiger charge is 2.18. The number of rotatable bonds is 5. The molecule has 0 aliphatic carbocycles. The van der Waals surface area contributed by atoms with Crippen LogP contribution in [0.5, 0.6) is 0 Å². The first-order valence-electron chi connectivity index (χ1n) is 5.80. The van der Waals surface area contributed by atoms with Crippen LogP contribution in [0, 0.1) is 6.92 Å². The van der Waals surface area contributed by atoms with Gasteiger partial charge in [0, 0.05) is 24.2 Å². The van der Waals surface area contributed by atoms with Gasteiger partial charge in [-0.2, -0.15) is 0 Å². The fraction of sp³-hybridized carbons (Fsp3) is 0.417. The number of nitrogens with two attached hydrogens (primary N) is 1. The number of carbonyl (C=O) groups is 1. The lowest BCUT2D eigenvalue weighted by Gasteiger charge is -2.13. The molecule has 20 heavy (non-hydrogen) atoms. The maximum atomic E-state index is 12.1. The van der Waals surface area contributed by atoms with Gasteiger partial charge in [-0.05, 0) is 31.5 Å². The van der Waals surface area contributed by atoms with E-state index in [9.17, 15) is 13.2 Å². The van der Waals surface area contributed by atoms with Gasteiger partial charge in [-0.1, -0.05) is 11.6 Å². The summed E-state index contributed by atoms with van der Waals surface area (Å²) in [7, 11) is -2.39. The molecule has 1 atom stereocenters. The summed E-state index contributed by atoms with van der Waals surface area (Å²) in [6, 6.07) is 2.43. The van der Waals surface area contributed by atoms with Crippen LogP contribution in [0.4, 0.5) is 0 Å². The average Bonchev–Trinajstić information content (AvgIpc) is 2.37. The number of hydrogen-bond acceptors (Lipinski definition) is 4. The number of methoxy groups -OCH3 is 1. The fourth-order valence-electron chi connectivity index (χ4n) is 1.47. The zero-order valence-corrected chi connectivity index (χ0v) is 13.0. The second kappa shape index (κ2) is 6.53. The van der Waals surface area contributed by atoms with Gasteiger partial charge in [-0.15, -0.1) is 0 Å². The van der Waals surface area contributed by atoms with Crippen LogP contribution in [0.15, 0.2) is 17.0 Å². The third-order valence-electron chi connectivity index (χ3n) is 2.84. The van der Waals surface area contributed by atoms with Crippen LogP contribution in [0.25, 0.3) is 0 Å². The van der Waals surface area contributed by atoms with Crippen molar-refractivity contribution in [3.63, 3.8) is 0 Å². The lowest BCUT2D eigenvalue weighted by atomic mass is 10.1. The van der Waals surface area contributed by atoms with Gasteiger partial charge in [0.1, 0.15) is 0 Å². The molecule has 6 nitrogen and oxygen atoms in total. The first-order chi connectivity index (χ1) is 9.16. The highest BCUT2D eigenvalue weighted by Crippen LogP contribution is 2.23. The Balaban J connectivity index is 3.11. The van der Waals surface area contributed by atoms with Gasteiger partial charge < -0.3 is 10.1 Å². The van der Waals surface area contributed by atoms with Gasteiger partial charge in [0.05, 0.1) is 11.0 Å². The van der Waals surface area contributed by atoms with Crippen molar-refractivity contribution >= 4 is 27.5 Å². The summed E-state index contributed by atoms with van der Waals surface area (Å²) in [5, 5.41) is 7.86. The number of primary sulfonamides is 1. The largest absolute Gasteiger partial charge is 0.380 e. The fourth-order valence-corrected chi connectivity index (χ4v) is 2.32. The molecule has 0 aliphatic heterocycles. The normalized spacial score (nSPS) is 13.1. The topological polar surface area (TPSA) is 98.5 Å². The Morgan fingerprint density at radius 2 is 2.10 bits per heavy atom. The third-order valence-corrected chi connectivity index (χ3v) is 4.13. The van der Waals surface area contributed by atoms with Gasteiger partial charge in [-0.3, -0.25) is 4.79 Å². The quantitative estimate of drug-likeness (QED) is 0.847. The molecule has 0 saturated heterocycles. The summed E-state index contributed by atoms with van der Waals surface area (Å²) in [5.41, 5.74) is 0.659. The summed E-state index contributed by atoms with van der Waals surface area (Å²) in [6.07, 6.45) is -0.156. The molecule has 0 aliphatic rings. The minimum atomic E-state index is -3.92. The van der Waals surface area contributed by atoms with E-state index in [1.165, 1.54) is 19.2 Å². The van der Waals surface area contributed by atoms with Crippen molar-refractivity contribution in [3.05, 3.63) is 28.3 Å². The Labute approximate surface area is 123 Å². The van der Waals surface area contributed by atoms with E-state index >= 15 is 0 Å². The molecule has 0 heterocycles. The molecule has 0 bridgehead atoms. The first-order valence-corrected chi connectivity index (χ1v) is 7.73. The van der Waals surface area contributed by atoms with Gasteiger partial charge in [0.25, 0.3) is 5.91 Å². The summed E-state index contributed by atoms with van der Waals surface area (Å²) >= 11 is 5.93. The van der Waals surface area contributed by atoms with Crippen molar-refractivity contribution in [2.24, 2.45) is 5.14 Å². The Morgan fingerprint density at radius 3 is 2.60 bits per heavy atom. The lowest BCUT2D eigenvalue weighted by molar-refractivity contribution is 0.0869. The molecule has 1 rings (SSSR count). The first kappa shape index (κ1) is 16.9. The molecular weight excluding hydrogens is 304 g/mol. The van der Waals surface area contributed by atoms with Gasteiger partial charge >= 0.3 is 0 Å². The number of benzene rings is 1. The number of sulfonamides is 1. The highest BCUT2D eigenvalue weighted by atomic mass is 35.5. The molecule has 3 N–H and O–H groups in total. The number of carbonyl (C=O) groups excluding carboxylic acids is 1. The number of ether oxygens (including phenoxy) is 1. The molecule has 0 radical (unpaired) electrons. The Hall–Kier alpha value is -1.15. The molecule has 112 valence electrons. The van der Waals surface area contributed by atoms with Crippen LogP contribution in [0.2, 0.25) is 5.02 Å². The Kier molecular flexibility index (Phi) is 5.52. The molecule has 1 amide bonds. The number of hydrogen-bond donors (Lipinski definition) is 2. The summed E-state index contributed by atoms with van der Waals surface area (Å²) in [6.45, 7) is 3.72. The summed E-state index contributed by atoms with van der Waals surface area (Å²) in [5.74, 6) is -0.432. The Morgan fingerprint density at radius 1 is 1.50 bits per heavy atom. The number of halogens is 1. The molecular formula is C12H17ClN2O4S. The van der Waals surface area contributed by atoms with Crippen molar-refractivity contribution in [1.29, 1.82) is 0 Å². The van der Waals surface area contributed by atoms with Crippen LogP contribution < -0.4 is 10.5 Å². The maximum absolute atomic E-state index is 12.1. The van der Waals surface area contributed by atoms with Crippen LogP contribution in [-0.2, 0) is 14.8 Å². The molecule has 1 unspecified atom stereocenters. The zero-order chi connectivity index (χ0) is 15.5. The molecule has 0 spiro atoms. The molecule has 8 heteroatoms. The van der Waals surface area contributed by atoms with E-state index in [-0.39, 0.29) is 21.6 Å². The molecule has 0 aromatic heterocycles. The predicted molar refractivity (Wildman–Crippen MR) is 76.4 cm³/mol. The molecule has 0 saturated carbocycles. The summed E-state index contributed by atoms with van der Waals surface area (Å²) < 4.78 is 27.7. The Bertz CT molecular complexity index is 616. The third kappa shape index (κ3) is 4.17. The van der Waals surface area contributed by atoms with Crippen LogP contribution in [-0.4, -0.2) is 34.1 Å². The molecule has 1 aromatic carbocycles. The van der Waals surface area contributed by atoms with Crippen molar-refractivity contribution in [1.82, 2.24) is 5.32 Å². The monoisotopic (exact) mass is 320 g/mol.